The first kappa shape index (κ1) is 14.5. The largest absolute Gasteiger partial charge is 0.278 e. The van der Waals surface area contributed by atoms with E-state index in [1.807, 2.05) is 19.9 Å². The van der Waals surface area contributed by atoms with Crippen molar-refractivity contribution < 1.29 is 4.39 Å². The predicted octanol–water partition coefficient (Wildman–Crippen LogP) is 4.93. The normalized spacial score (nSPS) is 12.8. The van der Waals surface area contributed by atoms with Gasteiger partial charge in [0.15, 0.2) is 5.65 Å². The van der Waals surface area contributed by atoms with Crippen LogP contribution in [0.1, 0.15) is 23.7 Å². The van der Waals surface area contributed by atoms with Crippen molar-refractivity contribution in [3.8, 4) is 5.69 Å². The van der Waals surface area contributed by atoms with Crippen LogP contribution in [-0.2, 0) is 0 Å². The zero-order chi connectivity index (χ0) is 15.1. The van der Waals surface area contributed by atoms with Crippen LogP contribution >= 0.6 is 27.5 Å². The molecule has 0 saturated carbocycles. The van der Waals surface area contributed by atoms with Gasteiger partial charge >= 0.3 is 0 Å². The van der Waals surface area contributed by atoms with E-state index in [2.05, 4.69) is 25.9 Å². The van der Waals surface area contributed by atoms with E-state index in [9.17, 15) is 4.39 Å². The minimum Gasteiger partial charge on any atom is -0.278 e. The minimum absolute atomic E-state index is 0.323. The third-order valence-corrected chi connectivity index (χ3v) is 4.14. The third-order valence-electron chi connectivity index (χ3n) is 3.28. The Kier molecular flexibility index (Phi) is 3.71. The molecule has 0 bridgehead atoms. The van der Waals surface area contributed by atoms with Crippen molar-refractivity contribution in [1.29, 1.82) is 0 Å². The number of hydrogen-bond donors (Lipinski definition) is 0. The quantitative estimate of drug-likeness (QED) is 0.600. The number of halogens is 3. The van der Waals surface area contributed by atoms with Gasteiger partial charge in [-0.25, -0.2) is 14.4 Å². The van der Waals surface area contributed by atoms with Crippen molar-refractivity contribution in [2.75, 3.05) is 0 Å². The van der Waals surface area contributed by atoms with Crippen LogP contribution in [0, 0.1) is 12.7 Å². The van der Waals surface area contributed by atoms with E-state index >= 15 is 0 Å². The maximum atomic E-state index is 13.6. The Hall–Kier alpha value is -1.46. The van der Waals surface area contributed by atoms with E-state index in [1.165, 1.54) is 12.1 Å². The van der Waals surface area contributed by atoms with Crippen molar-refractivity contribution >= 4 is 38.7 Å². The zero-order valence-electron chi connectivity index (χ0n) is 11.4. The molecule has 0 aliphatic carbocycles. The molecule has 2 aromatic heterocycles. The summed E-state index contributed by atoms with van der Waals surface area (Å²) in [6, 6.07) is 6.39. The number of pyridine rings is 1. The van der Waals surface area contributed by atoms with Crippen molar-refractivity contribution in [2.45, 2.75) is 19.2 Å². The lowest BCUT2D eigenvalue weighted by Gasteiger charge is -2.12. The number of alkyl halides is 1. The molecule has 1 unspecified atom stereocenters. The van der Waals surface area contributed by atoms with Crippen LogP contribution in [0.4, 0.5) is 4.39 Å². The van der Waals surface area contributed by atoms with Gasteiger partial charge in [0.25, 0.3) is 0 Å². The Labute approximate surface area is 134 Å². The summed E-state index contributed by atoms with van der Waals surface area (Å²) in [6.07, 6.45) is 1.71. The van der Waals surface area contributed by atoms with Crippen LogP contribution < -0.4 is 0 Å². The molecule has 0 aliphatic rings. The van der Waals surface area contributed by atoms with Crippen LogP contribution in [0.15, 0.2) is 34.9 Å². The van der Waals surface area contributed by atoms with Crippen LogP contribution in [-0.4, -0.2) is 14.5 Å². The molecule has 3 rings (SSSR count). The van der Waals surface area contributed by atoms with Crippen LogP contribution in [0.5, 0.6) is 0 Å². The van der Waals surface area contributed by atoms with Gasteiger partial charge in [0.2, 0.25) is 0 Å². The van der Waals surface area contributed by atoms with Gasteiger partial charge in [-0.05, 0) is 59.6 Å². The number of imidazole rings is 1. The van der Waals surface area contributed by atoms with Crippen LogP contribution in [0.2, 0.25) is 0 Å². The molecule has 0 spiro atoms. The molecule has 0 aliphatic heterocycles. The van der Waals surface area contributed by atoms with Gasteiger partial charge in [0.1, 0.15) is 17.2 Å². The van der Waals surface area contributed by atoms with Gasteiger partial charge in [-0.15, -0.1) is 11.6 Å². The van der Waals surface area contributed by atoms with Crippen molar-refractivity contribution in [3.63, 3.8) is 0 Å². The monoisotopic (exact) mass is 367 g/mol. The molecule has 6 heteroatoms. The lowest BCUT2D eigenvalue weighted by Crippen LogP contribution is -2.04. The second kappa shape index (κ2) is 5.39. The number of nitrogens with zero attached hydrogens (tertiary/aromatic N) is 3. The summed E-state index contributed by atoms with van der Waals surface area (Å²) in [7, 11) is 0. The SMILES string of the molecule is Cc1ccnc2c1nc(C(C)Cl)n2-c1cc(F)ccc1Br. The highest BCUT2D eigenvalue weighted by molar-refractivity contribution is 9.10. The van der Waals surface area contributed by atoms with Crippen LogP contribution in [0.25, 0.3) is 16.9 Å². The summed E-state index contributed by atoms with van der Waals surface area (Å²) in [5.74, 6) is 0.315. The average Bonchev–Trinajstić information content (AvgIpc) is 2.82. The molecule has 108 valence electrons. The Morgan fingerprint density at radius 1 is 1.33 bits per heavy atom. The van der Waals surface area contributed by atoms with Crippen LogP contribution in [0.3, 0.4) is 0 Å². The molecule has 0 N–H and O–H groups in total. The molecule has 2 heterocycles. The molecule has 0 radical (unpaired) electrons. The molecule has 3 nitrogen and oxygen atoms in total. The van der Waals surface area contributed by atoms with E-state index in [4.69, 9.17) is 11.6 Å². The molecule has 0 saturated heterocycles. The van der Waals surface area contributed by atoms with Gasteiger partial charge in [0, 0.05) is 10.7 Å². The Morgan fingerprint density at radius 2 is 2.10 bits per heavy atom. The fourth-order valence-electron chi connectivity index (χ4n) is 2.27. The summed E-state index contributed by atoms with van der Waals surface area (Å²) < 4.78 is 16.2. The first-order chi connectivity index (χ1) is 9.99. The van der Waals surface area contributed by atoms with Gasteiger partial charge in [-0.1, -0.05) is 0 Å². The Bertz CT molecular complexity index is 829. The Balaban J connectivity index is 2.42. The Morgan fingerprint density at radius 3 is 2.81 bits per heavy atom. The highest BCUT2D eigenvalue weighted by atomic mass is 79.9. The highest BCUT2D eigenvalue weighted by Gasteiger charge is 2.20. The van der Waals surface area contributed by atoms with E-state index < -0.39 is 0 Å². The smallest absolute Gasteiger partial charge is 0.165 e. The highest BCUT2D eigenvalue weighted by Crippen LogP contribution is 2.32. The topological polar surface area (TPSA) is 30.7 Å². The fraction of sp³-hybridized carbons (Fsp3) is 0.200. The van der Waals surface area contributed by atoms with E-state index in [1.54, 1.807) is 16.8 Å². The van der Waals surface area contributed by atoms with E-state index in [0.717, 1.165) is 15.6 Å². The van der Waals surface area contributed by atoms with Gasteiger partial charge in [0.05, 0.1) is 11.1 Å². The number of aromatic nitrogens is 3. The maximum absolute atomic E-state index is 13.6. The first-order valence-electron chi connectivity index (χ1n) is 6.42. The van der Waals surface area contributed by atoms with E-state index in [0.29, 0.717) is 17.2 Å². The standard InChI is InChI=1S/C15H12BrClFN3/c1-8-5-6-19-15-13(8)20-14(9(2)17)21(15)12-7-10(18)3-4-11(12)16/h3-7,9H,1-2H3. The maximum Gasteiger partial charge on any atom is 0.165 e. The number of aryl methyl sites for hydroxylation is 1. The second-order valence-electron chi connectivity index (χ2n) is 4.82. The zero-order valence-corrected chi connectivity index (χ0v) is 13.8. The first-order valence-corrected chi connectivity index (χ1v) is 7.65. The minimum atomic E-state index is -0.325. The number of rotatable bonds is 2. The van der Waals surface area contributed by atoms with Gasteiger partial charge in [-0.3, -0.25) is 4.57 Å². The molecule has 0 amide bonds. The summed E-state index contributed by atoms with van der Waals surface area (Å²) >= 11 is 9.71. The molecular weight excluding hydrogens is 357 g/mol. The van der Waals surface area contributed by atoms with Crippen molar-refractivity contribution in [2.24, 2.45) is 0 Å². The molecule has 3 aromatic rings. The number of benzene rings is 1. The second-order valence-corrected chi connectivity index (χ2v) is 6.33. The average molecular weight is 369 g/mol. The summed E-state index contributed by atoms with van der Waals surface area (Å²) in [5, 5.41) is -0.325. The fourth-order valence-corrected chi connectivity index (χ4v) is 2.84. The summed E-state index contributed by atoms with van der Waals surface area (Å²) in [6.45, 7) is 3.80. The molecule has 0 fully saturated rings. The number of fused-ring (bicyclic) bond motifs is 1. The molecule has 21 heavy (non-hydrogen) atoms. The van der Waals surface area contributed by atoms with Gasteiger partial charge < -0.3 is 0 Å². The molecular formula is C15H12BrClFN3. The van der Waals surface area contributed by atoms with E-state index in [-0.39, 0.29) is 11.2 Å². The van der Waals surface area contributed by atoms with Gasteiger partial charge in [-0.2, -0.15) is 0 Å². The summed E-state index contributed by atoms with van der Waals surface area (Å²) in [5.41, 5.74) is 3.09. The van der Waals surface area contributed by atoms with Crippen molar-refractivity contribution in [3.05, 3.63) is 52.1 Å². The van der Waals surface area contributed by atoms with Crippen molar-refractivity contribution in [1.82, 2.24) is 14.5 Å². The summed E-state index contributed by atoms with van der Waals surface area (Å²) in [4.78, 5) is 8.97. The number of hydrogen-bond acceptors (Lipinski definition) is 2. The molecule has 1 aromatic carbocycles. The predicted molar refractivity (Wildman–Crippen MR) is 85.5 cm³/mol. The third kappa shape index (κ3) is 2.45. The molecule has 1 atom stereocenters. The lowest BCUT2D eigenvalue weighted by molar-refractivity contribution is 0.626. The lowest BCUT2D eigenvalue weighted by atomic mass is 10.2.